The van der Waals surface area contributed by atoms with Gasteiger partial charge in [0.15, 0.2) is 0 Å². The molecule has 1 rings (SSSR count). The summed E-state index contributed by atoms with van der Waals surface area (Å²) >= 11 is 6.28. The summed E-state index contributed by atoms with van der Waals surface area (Å²) in [7, 11) is 0. The molecular formula is C3H4N2SSe. The number of nitrogens with zero attached hydrogens (tertiary/aromatic N) is 2. The van der Waals surface area contributed by atoms with Crippen molar-refractivity contribution in [1.82, 2.24) is 8.57 Å². The van der Waals surface area contributed by atoms with E-state index in [9.17, 15) is 0 Å². The Hall–Kier alpha value is 0.0795. The van der Waals surface area contributed by atoms with Crippen LogP contribution in [0.3, 0.4) is 0 Å². The van der Waals surface area contributed by atoms with Crippen molar-refractivity contribution in [3.8, 4) is 0 Å². The van der Waals surface area contributed by atoms with Crippen molar-refractivity contribution < 1.29 is 0 Å². The van der Waals surface area contributed by atoms with Crippen molar-refractivity contribution >= 4 is 28.9 Å². The summed E-state index contributed by atoms with van der Waals surface area (Å²) in [5, 5.41) is 0.751. The molecule has 0 saturated heterocycles. The van der Waals surface area contributed by atoms with Gasteiger partial charge in [-0.1, -0.05) is 0 Å². The molecule has 0 aliphatic rings. The maximum atomic E-state index is 3.96. The summed E-state index contributed by atoms with van der Waals surface area (Å²) in [6.45, 7) is 0. The van der Waals surface area contributed by atoms with Gasteiger partial charge >= 0.3 is 55.0 Å². The number of thiol groups is 1. The van der Waals surface area contributed by atoms with Crippen LogP contribution in [0.2, 0.25) is 0 Å². The predicted molar refractivity (Wildman–Crippen MR) is 32.0 cm³/mol. The molecule has 1 aromatic rings. The van der Waals surface area contributed by atoms with Crippen LogP contribution in [0, 0.1) is 0 Å². The summed E-state index contributed by atoms with van der Waals surface area (Å²) in [6, 6.07) is 0. The van der Waals surface area contributed by atoms with Gasteiger partial charge in [-0.2, -0.15) is 0 Å². The molecule has 7 heavy (non-hydrogen) atoms. The molecule has 0 amide bonds. The second-order valence-electron chi connectivity index (χ2n) is 1.11. The predicted octanol–water partition coefficient (Wildman–Crippen LogP) is -0.164. The fourth-order valence-electron chi connectivity index (χ4n) is 0.303. The number of hydrogen-bond donors (Lipinski definition) is 1. The van der Waals surface area contributed by atoms with E-state index >= 15 is 0 Å². The average molecular weight is 179 g/mol. The monoisotopic (exact) mass is 180 g/mol. The minimum atomic E-state index is 0.751. The molecule has 0 aliphatic heterocycles. The molecule has 0 bridgehead atoms. The molecule has 38 valence electrons. The van der Waals surface area contributed by atoms with Gasteiger partial charge in [0.1, 0.15) is 0 Å². The van der Waals surface area contributed by atoms with Gasteiger partial charge in [-0.05, 0) is 0 Å². The van der Waals surface area contributed by atoms with Crippen LogP contribution in [-0.4, -0.2) is 24.8 Å². The van der Waals surface area contributed by atoms with E-state index in [2.05, 4.69) is 33.8 Å². The fraction of sp³-hybridized carbons (Fsp3) is 0. The summed E-state index contributed by atoms with van der Waals surface area (Å²) in [5.41, 5.74) is 0. The van der Waals surface area contributed by atoms with Gasteiger partial charge in [-0.15, -0.1) is 0 Å². The minimum absolute atomic E-state index is 0.751. The van der Waals surface area contributed by atoms with Crippen LogP contribution in [0.25, 0.3) is 0 Å². The zero-order chi connectivity index (χ0) is 5.28. The van der Waals surface area contributed by atoms with Gasteiger partial charge in [0.2, 0.25) is 0 Å². The molecule has 0 aromatic carbocycles. The van der Waals surface area contributed by atoms with Crippen LogP contribution in [0.15, 0.2) is 17.6 Å². The zero-order valence-electron chi connectivity index (χ0n) is 3.44. The molecule has 1 heterocycles. The van der Waals surface area contributed by atoms with Crippen LogP contribution in [0.4, 0.5) is 0 Å². The van der Waals surface area contributed by atoms with Crippen LogP contribution in [0.1, 0.15) is 0 Å². The Bertz CT molecular complexity index is 145. The van der Waals surface area contributed by atoms with Crippen LogP contribution in [0.5, 0.6) is 0 Å². The first kappa shape index (κ1) is 5.22. The van der Waals surface area contributed by atoms with Crippen molar-refractivity contribution in [3.05, 3.63) is 12.5 Å². The van der Waals surface area contributed by atoms with Crippen LogP contribution in [-0.2, 0) is 0 Å². The standard InChI is InChI=1S/C3H4N2SSe/c6-3-1-5(7)2-4-3/h1-2,6-7H. The third-order valence-electron chi connectivity index (χ3n) is 0.556. The van der Waals surface area contributed by atoms with Gasteiger partial charge in [-0.25, -0.2) is 0 Å². The molecule has 2 nitrogen and oxygen atoms in total. The molecule has 0 fully saturated rings. The second kappa shape index (κ2) is 1.90. The molecule has 1 aromatic heterocycles. The van der Waals surface area contributed by atoms with E-state index in [1.165, 1.54) is 0 Å². The Morgan fingerprint density at radius 2 is 2.57 bits per heavy atom. The van der Waals surface area contributed by atoms with Gasteiger partial charge in [-0.3, -0.25) is 0 Å². The summed E-state index contributed by atoms with van der Waals surface area (Å²) in [4.78, 5) is 3.83. The Labute approximate surface area is 55.4 Å². The van der Waals surface area contributed by atoms with Gasteiger partial charge in [0, 0.05) is 0 Å². The van der Waals surface area contributed by atoms with E-state index in [0.29, 0.717) is 0 Å². The van der Waals surface area contributed by atoms with Crippen molar-refractivity contribution in [2.75, 3.05) is 0 Å². The normalized spacial score (nSPS) is 9.43. The third-order valence-corrected chi connectivity index (χ3v) is 1.25. The first-order chi connectivity index (χ1) is 3.29. The Morgan fingerprint density at radius 3 is 2.71 bits per heavy atom. The van der Waals surface area contributed by atoms with Crippen LogP contribution < -0.4 is 0 Å². The molecular weight excluding hydrogens is 175 g/mol. The van der Waals surface area contributed by atoms with Crippen molar-refractivity contribution in [2.24, 2.45) is 0 Å². The first-order valence-corrected chi connectivity index (χ1v) is 3.00. The quantitative estimate of drug-likeness (QED) is 0.432. The summed E-state index contributed by atoms with van der Waals surface area (Å²) in [5.74, 6) is 0. The van der Waals surface area contributed by atoms with E-state index in [-0.39, 0.29) is 0 Å². The van der Waals surface area contributed by atoms with Crippen molar-refractivity contribution in [3.63, 3.8) is 0 Å². The van der Waals surface area contributed by atoms with Crippen molar-refractivity contribution in [1.29, 1.82) is 0 Å². The van der Waals surface area contributed by atoms with Gasteiger partial charge < -0.3 is 0 Å². The molecule has 0 N–H and O–H groups in total. The van der Waals surface area contributed by atoms with Gasteiger partial charge in [0.05, 0.1) is 0 Å². The number of aromatic nitrogens is 2. The number of hydrogen-bond acceptors (Lipinski definition) is 2. The molecule has 0 spiro atoms. The second-order valence-corrected chi connectivity index (χ2v) is 2.54. The van der Waals surface area contributed by atoms with E-state index < -0.39 is 0 Å². The van der Waals surface area contributed by atoms with Crippen LogP contribution >= 0.6 is 12.6 Å². The molecule has 0 atom stereocenters. The molecule has 0 saturated carbocycles. The average Bonchev–Trinajstić information content (AvgIpc) is 1.87. The first-order valence-electron chi connectivity index (χ1n) is 1.71. The number of imidazole rings is 1. The SMILES string of the molecule is Sc1cn([SeH])cn1. The molecule has 0 unspecified atom stereocenters. The zero-order valence-corrected chi connectivity index (χ0v) is 6.21. The molecule has 4 heteroatoms. The topological polar surface area (TPSA) is 17.8 Å². The fourth-order valence-corrected chi connectivity index (χ4v) is 1.01. The third kappa shape index (κ3) is 1.23. The van der Waals surface area contributed by atoms with Crippen molar-refractivity contribution in [2.45, 2.75) is 5.03 Å². The Kier molecular flexibility index (Phi) is 1.42. The molecule has 0 aliphatic carbocycles. The summed E-state index contributed by atoms with van der Waals surface area (Å²) < 4.78 is 1.79. The number of rotatable bonds is 0. The summed E-state index contributed by atoms with van der Waals surface area (Å²) in [6.07, 6.45) is 3.49. The van der Waals surface area contributed by atoms with Gasteiger partial charge in [0.25, 0.3) is 0 Å². The van der Waals surface area contributed by atoms with E-state index in [1.54, 1.807) is 9.91 Å². The Morgan fingerprint density at radius 1 is 1.86 bits per heavy atom. The van der Waals surface area contributed by atoms with E-state index in [4.69, 9.17) is 0 Å². The van der Waals surface area contributed by atoms with E-state index in [1.807, 2.05) is 6.20 Å². The Balaban J connectivity index is 3.04. The molecule has 0 radical (unpaired) electrons. The van der Waals surface area contributed by atoms with E-state index in [0.717, 1.165) is 5.03 Å². The maximum absolute atomic E-state index is 3.96.